The Labute approximate surface area is 114 Å². The number of hydrogen-bond donors (Lipinski definition) is 2. The van der Waals surface area contributed by atoms with Crippen LogP contribution in [0.5, 0.6) is 0 Å². The number of aromatic nitrogens is 2. The quantitative estimate of drug-likeness (QED) is 0.812. The van der Waals surface area contributed by atoms with E-state index in [1.165, 1.54) is 11.3 Å². The van der Waals surface area contributed by atoms with E-state index in [9.17, 15) is 4.79 Å². The van der Waals surface area contributed by atoms with Crippen molar-refractivity contribution in [3.63, 3.8) is 0 Å². The highest BCUT2D eigenvalue weighted by Gasteiger charge is 2.11. The van der Waals surface area contributed by atoms with Crippen molar-refractivity contribution in [2.45, 2.75) is 6.92 Å². The number of nitrogens with one attached hydrogen (secondary N) is 1. The van der Waals surface area contributed by atoms with Gasteiger partial charge >= 0.3 is 0 Å². The smallest absolute Gasteiger partial charge is 0.276 e. The molecule has 0 aliphatic heterocycles. The molecule has 5 nitrogen and oxygen atoms in total. The average molecular weight is 273 g/mol. The van der Waals surface area contributed by atoms with Gasteiger partial charge in [-0.3, -0.25) is 15.1 Å². The topological polar surface area (TPSA) is 75.1 Å². The molecule has 2 rings (SSSR count). The van der Waals surface area contributed by atoms with Gasteiger partial charge in [-0.25, -0.2) is 4.98 Å². The van der Waals surface area contributed by atoms with Crippen LogP contribution >= 0.6 is 11.3 Å². The van der Waals surface area contributed by atoms with Crippen LogP contribution in [0.2, 0.25) is 0 Å². The first kappa shape index (κ1) is 13.2. The molecule has 2 heterocycles. The second-order valence-electron chi connectivity index (χ2n) is 3.61. The van der Waals surface area contributed by atoms with Gasteiger partial charge in [0, 0.05) is 6.20 Å². The Balaban J connectivity index is 2.11. The Morgan fingerprint density at radius 3 is 3.11 bits per heavy atom. The zero-order chi connectivity index (χ0) is 13.7. The van der Waals surface area contributed by atoms with Crippen LogP contribution < -0.4 is 5.32 Å². The summed E-state index contributed by atoms with van der Waals surface area (Å²) in [6.45, 7) is 1.62. The molecule has 0 aliphatic carbocycles. The second kappa shape index (κ2) is 6.09. The van der Waals surface area contributed by atoms with E-state index < -0.39 is 0 Å². The Kier molecular flexibility index (Phi) is 4.23. The monoisotopic (exact) mass is 273 g/mol. The van der Waals surface area contributed by atoms with Gasteiger partial charge < -0.3 is 5.11 Å². The lowest BCUT2D eigenvalue weighted by atomic mass is 10.2. The molecule has 2 aromatic heterocycles. The lowest BCUT2D eigenvalue weighted by Crippen LogP contribution is -2.14. The zero-order valence-electron chi connectivity index (χ0n) is 10.2. The van der Waals surface area contributed by atoms with E-state index in [-0.39, 0.29) is 12.5 Å². The molecule has 0 unspecified atom stereocenters. The highest BCUT2D eigenvalue weighted by Crippen LogP contribution is 2.18. The number of pyridine rings is 1. The minimum Gasteiger partial charge on any atom is -0.384 e. The average Bonchev–Trinajstić information content (AvgIpc) is 2.84. The van der Waals surface area contributed by atoms with Gasteiger partial charge in [0.2, 0.25) is 0 Å². The van der Waals surface area contributed by atoms with Crippen LogP contribution in [-0.2, 0) is 0 Å². The predicted octanol–water partition coefficient (Wildman–Crippen LogP) is 1.44. The summed E-state index contributed by atoms with van der Waals surface area (Å²) in [4.78, 5) is 20.7. The van der Waals surface area contributed by atoms with Gasteiger partial charge in [-0.05, 0) is 18.6 Å². The van der Waals surface area contributed by atoms with Crippen LogP contribution in [0.25, 0.3) is 0 Å². The Hall–Kier alpha value is -2.23. The number of carbonyl (C=O) groups excluding carboxylic acids is 1. The third-order valence-electron chi connectivity index (χ3n) is 2.24. The van der Waals surface area contributed by atoms with E-state index in [0.29, 0.717) is 15.7 Å². The molecule has 0 bridgehead atoms. The molecule has 6 heteroatoms. The number of rotatable bonds is 2. The fourth-order valence-electron chi connectivity index (χ4n) is 1.40. The summed E-state index contributed by atoms with van der Waals surface area (Å²) in [5.74, 6) is 4.95. The summed E-state index contributed by atoms with van der Waals surface area (Å²) in [5, 5.41) is 11.7. The van der Waals surface area contributed by atoms with Crippen molar-refractivity contribution in [1.29, 1.82) is 0 Å². The van der Waals surface area contributed by atoms with Crippen LogP contribution in [0.15, 0.2) is 24.5 Å². The van der Waals surface area contributed by atoms with Crippen molar-refractivity contribution in [3.05, 3.63) is 40.7 Å². The molecule has 0 aliphatic rings. The number of thiazole rings is 1. The third-order valence-corrected chi connectivity index (χ3v) is 3.07. The lowest BCUT2D eigenvalue weighted by molar-refractivity contribution is 0.102. The summed E-state index contributed by atoms with van der Waals surface area (Å²) in [5.41, 5.74) is 1.18. The van der Waals surface area contributed by atoms with Crippen molar-refractivity contribution < 1.29 is 9.90 Å². The van der Waals surface area contributed by atoms with Gasteiger partial charge in [0.25, 0.3) is 5.91 Å². The molecule has 0 fully saturated rings. The molecule has 0 spiro atoms. The van der Waals surface area contributed by atoms with Gasteiger partial charge in [0.15, 0.2) is 5.13 Å². The van der Waals surface area contributed by atoms with Crippen molar-refractivity contribution >= 4 is 22.4 Å². The number of aliphatic hydroxyl groups excluding tert-OH is 1. The van der Waals surface area contributed by atoms with Crippen molar-refractivity contribution in [3.8, 4) is 11.8 Å². The summed E-state index contributed by atoms with van der Waals surface area (Å²) in [6.07, 6.45) is 3.12. The summed E-state index contributed by atoms with van der Waals surface area (Å²) >= 11 is 1.25. The largest absolute Gasteiger partial charge is 0.384 e. The number of nitrogens with zero attached hydrogens (tertiary/aromatic N) is 2. The van der Waals surface area contributed by atoms with Crippen LogP contribution in [-0.4, -0.2) is 27.6 Å². The van der Waals surface area contributed by atoms with Gasteiger partial charge in [-0.2, -0.15) is 0 Å². The number of carbonyl (C=O) groups is 1. The Bertz CT molecular complexity index is 655. The second-order valence-corrected chi connectivity index (χ2v) is 4.64. The maximum atomic E-state index is 12.0. The first-order chi connectivity index (χ1) is 9.20. The third kappa shape index (κ3) is 3.37. The SMILES string of the molecule is Cc1cccnc1C(=O)Nc1ncc(C#CCO)s1. The molecule has 2 N–H and O–H groups in total. The lowest BCUT2D eigenvalue weighted by Gasteiger charge is -2.03. The van der Waals surface area contributed by atoms with Gasteiger partial charge in [-0.15, -0.1) is 0 Å². The highest BCUT2D eigenvalue weighted by molar-refractivity contribution is 7.16. The number of hydrogen-bond acceptors (Lipinski definition) is 5. The van der Waals surface area contributed by atoms with Crippen LogP contribution in [0, 0.1) is 18.8 Å². The Morgan fingerprint density at radius 2 is 2.37 bits per heavy atom. The van der Waals surface area contributed by atoms with Crippen molar-refractivity contribution in [1.82, 2.24) is 9.97 Å². The Morgan fingerprint density at radius 1 is 1.53 bits per heavy atom. The van der Waals surface area contributed by atoms with E-state index in [0.717, 1.165) is 5.56 Å². The molecule has 1 amide bonds. The minimum absolute atomic E-state index is 0.202. The van der Waals surface area contributed by atoms with Crippen LogP contribution in [0.4, 0.5) is 5.13 Å². The molecule has 2 aromatic rings. The van der Waals surface area contributed by atoms with E-state index in [1.54, 1.807) is 18.5 Å². The molecule has 0 saturated carbocycles. The molecule has 96 valence electrons. The van der Waals surface area contributed by atoms with E-state index >= 15 is 0 Å². The van der Waals surface area contributed by atoms with E-state index in [2.05, 4.69) is 27.1 Å². The van der Waals surface area contributed by atoms with Gasteiger partial charge in [0.1, 0.15) is 12.3 Å². The summed E-state index contributed by atoms with van der Waals surface area (Å²) in [6, 6.07) is 3.60. The zero-order valence-corrected chi connectivity index (χ0v) is 11.0. The van der Waals surface area contributed by atoms with Gasteiger partial charge in [0.05, 0.1) is 11.1 Å². The number of aryl methyl sites for hydroxylation is 1. The molecule has 19 heavy (non-hydrogen) atoms. The molecule has 0 atom stereocenters. The fourth-order valence-corrected chi connectivity index (χ4v) is 2.08. The van der Waals surface area contributed by atoms with Gasteiger partial charge in [-0.1, -0.05) is 29.2 Å². The number of anilines is 1. The number of aliphatic hydroxyl groups is 1. The molecule has 0 aromatic carbocycles. The maximum Gasteiger partial charge on any atom is 0.276 e. The molecule has 0 radical (unpaired) electrons. The van der Waals surface area contributed by atoms with Crippen LogP contribution in [0.1, 0.15) is 20.9 Å². The van der Waals surface area contributed by atoms with E-state index in [4.69, 9.17) is 5.11 Å². The first-order valence-corrected chi connectivity index (χ1v) is 6.31. The molecular weight excluding hydrogens is 262 g/mol. The summed E-state index contributed by atoms with van der Waals surface area (Å²) in [7, 11) is 0. The minimum atomic E-state index is -0.297. The molecule has 0 saturated heterocycles. The highest BCUT2D eigenvalue weighted by atomic mass is 32.1. The number of amides is 1. The fraction of sp³-hybridized carbons (Fsp3) is 0.154. The molecular formula is C13H11N3O2S. The normalized spacial score (nSPS) is 9.58. The van der Waals surface area contributed by atoms with Crippen molar-refractivity contribution in [2.75, 3.05) is 11.9 Å². The maximum absolute atomic E-state index is 12.0. The van der Waals surface area contributed by atoms with Crippen molar-refractivity contribution in [2.24, 2.45) is 0 Å². The standard InChI is InChI=1S/C13H11N3O2S/c1-9-4-2-6-14-11(9)12(18)16-13-15-8-10(19-13)5-3-7-17/h2,4,6,8,17H,7H2,1H3,(H,15,16,18). The first-order valence-electron chi connectivity index (χ1n) is 5.49. The van der Waals surface area contributed by atoms with E-state index in [1.807, 2.05) is 13.0 Å². The van der Waals surface area contributed by atoms with Crippen LogP contribution in [0.3, 0.4) is 0 Å². The predicted molar refractivity (Wildman–Crippen MR) is 73.0 cm³/mol. The summed E-state index contributed by atoms with van der Waals surface area (Å²) < 4.78 is 0.